The van der Waals surface area contributed by atoms with Gasteiger partial charge in [0, 0.05) is 6.07 Å². The molecule has 0 aliphatic carbocycles. The first-order chi connectivity index (χ1) is 7.72. The van der Waals surface area contributed by atoms with E-state index in [1.54, 1.807) is 0 Å². The Morgan fingerprint density at radius 2 is 2.12 bits per heavy atom. The smallest absolute Gasteiger partial charge is 0.452 e. The van der Waals surface area contributed by atoms with Crippen molar-refractivity contribution in [2.75, 3.05) is 6.61 Å². The lowest BCUT2D eigenvalue weighted by Gasteiger charge is -2.04. The summed E-state index contributed by atoms with van der Waals surface area (Å²) >= 11 is 5.40. The van der Waals surface area contributed by atoms with Crippen LogP contribution >= 0.6 is 11.6 Å². The molecule has 0 unspecified atom stereocenters. The first-order valence-electron chi connectivity index (χ1n) is 3.91. The Kier molecular flexibility index (Phi) is 4.08. The van der Waals surface area contributed by atoms with Gasteiger partial charge in [0.2, 0.25) is 0 Å². The van der Waals surface area contributed by atoms with Crippen LogP contribution in [0, 0.1) is 11.8 Å². The van der Waals surface area contributed by atoms with Crippen LogP contribution in [0.15, 0.2) is 16.7 Å². The van der Waals surface area contributed by atoms with Gasteiger partial charge in [-0.2, -0.15) is 21.6 Å². The molecular weight excluding hydrogens is 285 g/mol. The fourth-order valence-corrected chi connectivity index (χ4v) is 1.20. The molecular formula is C8H4ClF3O4S. The molecule has 94 valence electrons. The molecule has 0 aliphatic heterocycles. The molecule has 0 bridgehead atoms. The molecule has 9 heteroatoms. The van der Waals surface area contributed by atoms with Crippen LogP contribution < -0.4 is 0 Å². The van der Waals surface area contributed by atoms with Crippen molar-refractivity contribution >= 4 is 21.7 Å². The minimum Gasteiger partial charge on any atom is -0.452 e. The average Bonchev–Trinajstić information content (AvgIpc) is 2.57. The molecule has 17 heavy (non-hydrogen) atoms. The Hall–Kier alpha value is -1.17. The molecule has 0 amide bonds. The molecule has 0 aliphatic rings. The second-order valence-corrected chi connectivity index (χ2v) is 4.58. The molecule has 0 saturated heterocycles. The number of halogens is 4. The van der Waals surface area contributed by atoms with Crippen molar-refractivity contribution in [3.63, 3.8) is 0 Å². The van der Waals surface area contributed by atoms with Gasteiger partial charge in [0.25, 0.3) is 0 Å². The van der Waals surface area contributed by atoms with Crippen LogP contribution in [0.25, 0.3) is 0 Å². The number of rotatable bonds is 2. The lowest BCUT2D eigenvalue weighted by atomic mass is 10.3. The van der Waals surface area contributed by atoms with E-state index in [0.29, 0.717) is 5.56 Å². The lowest BCUT2D eigenvalue weighted by Crippen LogP contribution is -2.25. The Balaban J connectivity index is 2.58. The molecule has 1 aromatic rings. The minimum atomic E-state index is -5.60. The van der Waals surface area contributed by atoms with Gasteiger partial charge >= 0.3 is 15.6 Å². The second kappa shape index (κ2) is 5.00. The van der Waals surface area contributed by atoms with E-state index in [1.165, 1.54) is 6.07 Å². The van der Waals surface area contributed by atoms with Crippen LogP contribution in [0.5, 0.6) is 0 Å². The molecule has 0 spiro atoms. The maximum atomic E-state index is 11.8. The van der Waals surface area contributed by atoms with Gasteiger partial charge in [-0.25, -0.2) is 0 Å². The number of hydrogen-bond donors (Lipinski definition) is 0. The van der Waals surface area contributed by atoms with Gasteiger partial charge in [0.15, 0.2) is 5.22 Å². The zero-order valence-corrected chi connectivity index (χ0v) is 9.49. The highest BCUT2D eigenvalue weighted by atomic mass is 35.5. The summed E-state index contributed by atoms with van der Waals surface area (Å²) in [6.45, 7) is -0.912. The van der Waals surface area contributed by atoms with E-state index in [2.05, 4.69) is 20.4 Å². The van der Waals surface area contributed by atoms with Crippen molar-refractivity contribution in [2.24, 2.45) is 0 Å². The maximum absolute atomic E-state index is 11.8. The van der Waals surface area contributed by atoms with Gasteiger partial charge in [-0.05, 0) is 11.6 Å². The molecule has 0 radical (unpaired) electrons. The summed E-state index contributed by atoms with van der Waals surface area (Å²) in [5, 5.41) is 0.0538. The van der Waals surface area contributed by atoms with E-state index in [9.17, 15) is 21.6 Å². The molecule has 0 saturated carbocycles. The Morgan fingerprint density at radius 3 is 2.59 bits per heavy atom. The highest BCUT2D eigenvalue weighted by Crippen LogP contribution is 2.24. The molecule has 4 nitrogen and oxygen atoms in total. The Labute approximate surface area is 99.4 Å². The second-order valence-electron chi connectivity index (χ2n) is 2.60. The molecule has 1 aromatic heterocycles. The summed E-state index contributed by atoms with van der Waals surface area (Å²) in [5.41, 5.74) is -5.16. The van der Waals surface area contributed by atoms with E-state index < -0.39 is 22.2 Å². The molecule has 0 N–H and O–H groups in total. The maximum Gasteiger partial charge on any atom is 0.523 e. The summed E-state index contributed by atoms with van der Waals surface area (Å²) in [6, 6.07) is 1.31. The van der Waals surface area contributed by atoms with Crippen LogP contribution in [0.2, 0.25) is 5.22 Å². The largest absolute Gasteiger partial charge is 0.523 e. The summed E-state index contributed by atoms with van der Waals surface area (Å²) in [6.07, 6.45) is 1.16. The molecule has 1 rings (SSSR count). The highest BCUT2D eigenvalue weighted by molar-refractivity contribution is 7.87. The zero-order valence-electron chi connectivity index (χ0n) is 7.91. The first-order valence-corrected chi connectivity index (χ1v) is 5.69. The third-order valence-electron chi connectivity index (χ3n) is 1.37. The predicted molar refractivity (Wildman–Crippen MR) is 51.5 cm³/mol. The van der Waals surface area contributed by atoms with Crippen molar-refractivity contribution in [1.29, 1.82) is 0 Å². The van der Waals surface area contributed by atoms with Gasteiger partial charge in [-0.1, -0.05) is 11.8 Å². The van der Waals surface area contributed by atoms with Crippen molar-refractivity contribution in [3.8, 4) is 11.8 Å². The topological polar surface area (TPSA) is 56.5 Å². The molecule has 1 heterocycles. The summed E-state index contributed by atoms with van der Waals surface area (Å²) in [5.74, 6) is 4.38. The summed E-state index contributed by atoms with van der Waals surface area (Å²) < 4.78 is 64.5. The monoisotopic (exact) mass is 288 g/mol. The van der Waals surface area contributed by atoms with Crippen LogP contribution in [0.4, 0.5) is 13.2 Å². The van der Waals surface area contributed by atoms with Gasteiger partial charge in [-0.3, -0.25) is 4.18 Å². The minimum absolute atomic E-state index is 0.0538. The summed E-state index contributed by atoms with van der Waals surface area (Å²) in [7, 11) is -5.60. The van der Waals surface area contributed by atoms with E-state index in [4.69, 9.17) is 11.6 Å². The SMILES string of the molecule is O=S(=O)(OCC#Cc1coc(Cl)c1)C(F)(F)F. The normalized spacial score (nSPS) is 12.0. The van der Waals surface area contributed by atoms with E-state index in [1.807, 2.05) is 0 Å². The fourth-order valence-electron chi connectivity index (χ4n) is 0.688. The molecule has 0 atom stereocenters. The third-order valence-corrected chi connectivity index (χ3v) is 2.56. The number of alkyl halides is 3. The van der Waals surface area contributed by atoms with E-state index in [-0.39, 0.29) is 5.22 Å². The molecule has 0 fully saturated rings. The van der Waals surface area contributed by atoms with Crippen LogP contribution in [-0.2, 0) is 14.3 Å². The van der Waals surface area contributed by atoms with Crippen molar-refractivity contribution in [2.45, 2.75) is 5.51 Å². The van der Waals surface area contributed by atoms with Gasteiger partial charge in [0.1, 0.15) is 12.9 Å². The van der Waals surface area contributed by atoms with Crippen LogP contribution in [-0.4, -0.2) is 20.5 Å². The zero-order chi connectivity index (χ0) is 13.1. The predicted octanol–water partition coefficient (Wildman–Crippen LogP) is 2.15. The van der Waals surface area contributed by atoms with Gasteiger partial charge in [0.05, 0.1) is 5.56 Å². The summed E-state index contributed by atoms with van der Waals surface area (Å²) in [4.78, 5) is 0. The lowest BCUT2D eigenvalue weighted by molar-refractivity contribution is -0.0534. The van der Waals surface area contributed by atoms with Gasteiger partial charge in [-0.15, -0.1) is 0 Å². The van der Waals surface area contributed by atoms with Crippen molar-refractivity contribution in [3.05, 3.63) is 23.1 Å². The van der Waals surface area contributed by atoms with E-state index in [0.717, 1.165) is 6.26 Å². The quantitative estimate of drug-likeness (QED) is 0.475. The number of furan rings is 1. The number of hydrogen-bond acceptors (Lipinski definition) is 4. The van der Waals surface area contributed by atoms with Crippen LogP contribution in [0.3, 0.4) is 0 Å². The van der Waals surface area contributed by atoms with Crippen molar-refractivity contribution < 1.29 is 30.2 Å². The standard InChI is InChI=1S/C8H4ClF3O4S/c9-7-4-6(5-15-7)2-1-3-16-17(13,14)8(10,11)12/h4-5H,3H2. The third kappa shape index (κ3) is 3.96. The highest BCUT2D eigenvalue weighted by Gasteiger charge is 2.47. The molecule has 0 aromatic carbocycles. The first kappa shape index (κ1) is 13.9. The van der Waals surface area contributed by atoms with Gasteiger partial charge < -0.3 is 4.42 Å². The van der Waals surface area contributed by atoms with E-state index >= 15 is 0 Å². The Morgan fingerprint density at radius 1 is 1.47 bits per heavy atom. The Bertz CT molecular complexity index is 549. The average molecular weight is 289 g/mol. The fraction of sp³-hybridized carbons (Fsp3) is 0.250. The van der Waals surface area contributed by atoms with Crippen molar-refractivity contribution in [1.82, 2.24) is 0 Å². The van der Waals surface area contributed by atoms with Crippen LogP contribution in [0.1, 0.15) is 5.56 Å².